The molecule has 0 saturated carbocycles. The minimum atomic E-state index is -0.742. The first-order valence-corrected chi connectivity index (χ1v) is 6.20. The normalized spacial score (nSPS) is 18.1. The zero-order chi connectivity index (χ0) is 14.9. The highest BCUT2D eigenvalue weighted by molar-refractivity contribution is 6.29. The molecule has 1 aromatic rings. The zero-order valence-corrected chi connectivity index (χ0v) is 11.0. The van der Waals surface area contributed by atoms with Crippen LogP contribution < -0.4 is 5.73 Å². The molecule has 1 unspecified atom stereocenters. The number of carbonyl (C=O) groups is 2. The number of aromatic nitrogens is 1. The molecule has 0 spiro atoms. The molecule has 1 aliphatic rings. The summed E-state index contributed by atoms with van der Waals surface area (Å²) < 4.78 is 0. The maximum Gasteiger partial charge on any atom is 0.300 e. The Bertz CT molecular complexity index is 592. The highest BCUT2D eigenvalue weighted by Gasteiger charge is 2.36. The number of carbonyl (C=O) groups excluding carboxylic acids is 2. The number of likely N-dealkylation sites (tertiary alicyclic amines) is 1. The van der Waals surface area contributed by atoms with Crippen LogP contribution in [0, 0.1) is 10.1 Å². The van der Waals surface area contributed by atoms with Gasteiger partial charge in [-0.1, -0.05) is 11.6 Å². The number of rotatable bonds is 3. The van der Waals surface area contributed by atoms with Crippen LogP contribution in [-0.2, 0) is 4.79 Å². The number of nitro groups is 1. The molecule has 2 amide bonds. The molecule has 0 bridgehead atoms. The number of hydrogen-bond donors (Lipinski definition) is 1. The van der Waals surface area contributed by atoms with Gasteiger partial charge in [-0.3, -0.25) is 19.7 Å². The molecule has 0 aliphatic carbocycles. The fourth-order valence-corrected chi connectivity index (χ4v) is 2.36. The van der Waals surface area contributed by atoms with Crippen molar-refractivity contribution >= 4 is 29.1 Å². The molecular formula is C11H11ClN4O4. The van der Waals surface area contributed by atoms with Crippen molar-refractivity contribution in [2.75, 3.05) is 6.54 Å². The van der Waals surface area contributed by atoms with E-state index in [2.05, 4.69) is 4.98 Å². The Morgan fingerprint density at radius 1 is 1.55 bits per heavy atom. The van der Waals surface area contributed by atoms with Gasteiger partial charge in [0.25, 0.3) is 11.6 Å². The summed E-state index contributed by atoms with van der Waals surface area (Å²) in [6, 6.07) is 0.382. The minimum absolute atomic E-state index is 0.0335. The second-order valence-corrected chi connectivity index (χ2v) is 4.73. The first-order valence-electron chi connectivity index (χ1n) is 5.82. The number of nitrogens with zero attached hydrogens (tertiary/aromatic N) is 3. The van der Waals surface area contributed by atoms with E-state index in [0.717, 1.165) is 12.3 Å². The SMILES string of the molecule is NC(=O)C1CCCN1C(=O)c1cc(Cl)ncc1[N+](=O)[O-]. The number of nitrogens with two attached hydrogens (primary N) is 1. The Kier molecular flexibility index (Phi) is 3.84. The van der Waals surface area contributed by atoms with Gasteiger partial charge >= 0.3 is 0 Å². The van der Waals surface area contributed by atoms with Crippen LogP contribution in [0.2, 0.25) is 5.15 Å². The first kappa shape index (κ1) is 14.2. The van der Waals surface area contributed by atoms with Gasteiger partial charge in [0.2, 0.25) is 5.91 Å². The van der Waals surface area contributed by atoms with Crippen molar-refractivity contribution in [3.8, 4) is 0 Å². The van der Waals surface area contributed by atoms with Gasteiger partial charge in [0.05, 0.1) is 4.92 Å². The topological polar surface area (TPSA) is 119 Å². The second-order valence-electron chi connectivity index (χ2n) is 4.34. The average Bonchev–Trinajstić information content (AvgIpc) is 2.86. The highest BCUT2D eigenvalue weighted by Crippen LogP contribution is 2.26. The second kappa shape index (κ2) is 5.41. The molecule has 2 heterocycles. The average molecular weight is 299 g/mol. The number of amides is 2. The fourth-order valence-electron chi connectivity index (χ4n) is 2.20. The lowest BCUT2D eigenvalue weighted by atomic mass is 10.1. The molecule has 8 nitrogen and oxygen atoms in total. The van der Waals surface area contributed by atoms with Crippen molar-refractivity contribution in [2.24, 2.45) is 5.73 Å². The monoisotopic (exact) mass is 298 g/mol. The van der Waals surface area contributed by atoms with Crippen LogP contribution in [0.15, 0.2) is 12.3 Å². The molecule has 106 valence electrons. The molecular weight excluding hydrogens is 288 g/mol. The quantitative estimate of drug-likeness (QED) is 0.501. The third-order valence-electron chi connectivity index (χ3n) is 3.12. The van der Waals surface area contributed by atoms with Gasteiger partial charge in [-0.05, 0) is 18.9 Å². The largest absolute Gasteiger partial charge is 0.368 e. The standard InChI is InChI=1S/C11H11ClN4O4/c12-9-4-6(8(5-14-9)16(19)20)11(18)15-3-1-2-7(15)10(13)17/h4-5,7H,1-3H2,(H2,13,17). The Morgan fingerprint density at radius 2 is 2.25 bits per heavy atom. The van der Waals surface area contributed by atoms with Crippen molar-refractivity contribution in [3.05, 3.63) is 33.1 Å². The Labute approximate surface area is 118 Å². The van der Waals surface area contributed by atoms with E-state index in [-0.39, 0.29) is 10.7 Å². The molecule has 20 heavy (non-hydrogen) atoms. The minimum Gasteiger partial charge on any atom is -0.368 e. The smallest absolute Gasteiger partial charge is 0.300 e. The molecule has 0 radical (unpaired) electrons. The fraction of sp³-hybridized carbons (Fsp3) is 0.364. The van der Waals surface area contributed by atoms with Crippen molar-refractivity contribution in [3.63, 3.8) is 0 Å². The van der Waals surface area contributed by atoms with E-state index in [0.29, 0.717) is 19.4 Å². The Morgan fingerprint density at radius 3 is 2.85 bits per heavy atom. The molecule has 1 aromatic heterocycles. The van der Waals surface area contributed by atoms with Gasteiger partial charge in [-0.15, -0.1) is 0 Å². The number of pyridine rings is 1. The Hall–Kier alpha value is -2.22. The van der Waals surface area contributed by atoms with Crippen LogP contribution in [0.25, 0.3) is 0 Å². The summed E-state index contributed by atoms with van der Waals surface area (Å²) in [4.78, 5) is 38.7. The van der Waals surface area contributed by atoms with E-state index >= 15 is 0 Å². The molecule has 2 rings (SSSR count). The summed E-state index contributed by atoms with van der Waals surface area (Å²) in [6.07, 6.45) is 1.99. The van der Waals surface area contributed by atoms with E-state index < -0.39 is 28.5 Å². The third kappa shape index (κ3) is 2.55. The van der Waals surface area contributed by atoms with Crippen LogP contribution in [0.4, 0.5) is 5.69 Å². The van der Waals surface area contributed by atoms with Gasteiger partial charge in [0, 0.05) is 6.54 Å². The van der Waals surface area contributed by atoms with E-state index in [1.54, 1.807) is 0 Å². The molecule has 0 aromatic carbocycles. The molecule has 1 atom stereocenters. The maximum atomic E-state index is 12.4. The number of hydrogen-bond acceptors (Lipinski definition) is 5. The summed E-state index contributed by atoms with van der Waals surface area (Å²) in [5, 5.41) is 10.9. The zero-order valence-electron chi connectivity index (χ0n) is 10.3. The molecule has 1 saturated heterocycles. The molecule has 1 aliphatic heterocycles. The lowest BCUT2D eigenvalue weighted by molar-refractivity contribution is -0.385. The van der Waals surface area contributed by atoms with Gasteiger partial charge in [-0.2, -0.15) is 0 Å². The van der Waals surface area contributed by atoms with E-state index in [1.165, 1.54) is 4.90 Å². The van der Waals surface area contributed by atoms with Gasteiger partial charge in [0.15, 0.2) is 0 Å². The number of primary amides is 1. The highest BCUT2D eigenvalue weighted by atomic mass is 35.5. The Balaban J connectivity index is 2.40. The lowest BCUT2D eigenvalue weighted by Gasteiger charge is -2.22. The van der Waals surface area contributed by atoms with E-state index in [1.807, 2.05) is 0 Å². The maximum absolute atomic E-state index is 12.4. The summed E-state index contributed by atoms with van der Waals surface area (Å²) >= 11 is 5.68. The van der Waals surface area contributed by atoms with Gasteiger partial charge in [-0.25, -0.2) is 4.98 Å². The molecule has 9 heteroatoms. The number of halogens is 1. The third-order valence-corrected chi connectivity index (χ3v) is 3.33. The van der Waals surface area contributed by atoms with Crippen LogP contribution in [-0.4, -0.2) is 39.2 Å². The van der Waals surface area contributed by atoms with Crippen molar-refractivity contribution in [2.45, 2.75) is 18.9 Å². The summed E-state index contributed by atoms with van der Waals surface area (Å²) in [5.41, 5.74) is 4.59. The summed E-state index contributed by atoms with van der Waals surface area (Å²) in [5.74, 6) is -1.26. The molecule has 1 fully saturated rings. The summed E-state index contributed by atoms with van der Waals surface area (Å²) in [6.45, 7) is 0.323. The molecule has 2 N–H and O–H groups in total. The van der Waals surface area contributed by atoms with Gasteiger partial charge in [0.1, 0.15) is 23.0 Å². The van der Waals surface area contributed by atoms with Crippen LogP contribution in [0.5, 0.6) is 0 Å². The lowest BCUT2D eigenvalue weighted by Crippen LogP contribution is -2.43. The summed E-state index contributed by atoms with van der Waals surface area (Å²) in [7, 11) is 0. The van der Waals surface area contributed by atoms with E-state index in [4.69, 9.17) is 17.3 Å². The van der Waals surface area contributed by atoms with Crippen molar-refractivity contribution in [1.29, 1.82) is 0 Å². The van der Waals surface area contributed by atoms with E-state index in [9.17, 15) is 19.7 Å². The van der Waals surface area contributed by atoms with Crippen LogP contribution in [0.1, 0.15) is 23.2 Å². The van der Waals surface area contributed by atoms with Crippen LogP contribution >= 0.6 is 11.6 Å². The van der Waals surface area contributed by atoms with Crippen LogP contribution in [0.3, 0.4) is 0 Å². The van der Waals surface area contributed by atoms with Gasteiger partial charge < -0.3 is 10.6 Å². The first-order chi connectivity index (χ1) is 9.41. The predicted molar refractivity (Wildman–Crippen MR) is 69.2 cm³/mol. The van der Waals surface area contributed by atoms with Crippen molar-refractivity contribution in [1.82, 2.24) is 9.88 Å². The van der Waals surface area contributed by atoms with Crippen molar-refractivity contribution < 1.29 is 14.5 Å². The predicted octanol–water partition coefficient (Wildman–Crippen LogP) is 0.733.